The molecule has 0 saturated carbocycles. The molecule has 0 aliphatic carbocycles. The molecule has 0 N–H and O–H groups in total. The van der Waals surface area contributed by atoms with Crippen molar-refractivity contribution < 1.29 is 18.8 Å². The summed E-state index contributed by atoms with van der Waals surface area (Å²) in [6.45, 7) is 12.7. The molecule has 1 amide bonds. The lowest BCUT2D eigenvalue weighted by Crippen LogP contribution is -2.63. The molecule has 0 radical (unpaired) electrons. The van der Waals surface area contributed by atoms with Crippen LogP contribution in [-0.4, -0.2) is 68.3 Å². The number of Topliss-reactive ketones (excluding diaryl/α,β-unsaturated/α-hetero) is 1. The number of nitrogens with zero attached hydrogens (tertiary/aromatic N) is 1. The highest BCUT2D eigenvalue weighted by Gasteiger charge is 2.47. The smallest absolute Gasteiger partial charge is 0.225 e. The van der Waals surface area contributed by atoms with Crippen molar-refractivity contribution >= 4 is 31.8 Å². The van der Waals surface area contributed by atoms with Crippen molar-refractivity contribution in [2.75, 3.05) is 26.0 Å². The van der Waals surface area contributed by atoms with Gasteiger partial charge in [-0.05, 0) is 30.8 Å². The number of hydrogen-bond acceptors (Lipinski definition) is 5. The van der Waals surface area contributed by atoms with Crippen LogP contribution in [0.25, 0.3) is 0 Å². The van der Waals surface area contributed by atoms with E-state index in [-0.39, 0.29) is 28.0 Å². The Hall–Kier alpha value is -0.373. The monoisotopic (exact) mass is 373 g/mol. The largest absolute Gasteiger partial charge is 0.415 e. The lowest BCUT2D eigenvalue weighted by Gasteiger charge is -2.46. The van der Waals surface area contributed by atoms with Crippen LogP contribution in [0.1, 0.15) is 33.6 Å². The Kier molecular flexibility index (Phi) is 6.21. The van der Waals surface area contributed by atoms with Crippen LogP contribution < -0.4 is 0 Å². The molecule has 0 bridgehead atoms. The summed E-state index contributed by atoms with van der Waals surface area (Å²) in [6.07, 6.45) is 2.69. The Labute approximate surface area is 151 Å². The number of amides is 1. The van der Waals surface area contributed by atoms with Gasteiger partial charge in [-0.1, -0.05) is 20.8 Å². The Balaban J connectivity index is 1.91. The van der Waals surface area contributed by atoms with E-state index in [1.807, 2.05) is 6.26 Å². The lowest BCUT2D eigenvalue weighted by atomic mass is 9.90. The maximum absolute atomic E-state index is 12.5. The molecule has 0 aromatic heterocycles. The van der Waals surface area contributed by atoms with E-state index in [0.29, 0.717) is 26.2 Å². The second-order valence-corrected chi connectivity index (χ2v) is 14.0. The fourth-order valence-electron chi connectivity index (χ4n) is 2.90. The summed E-state index contributed by atoms with van der Waals surface area (Å²) in [6, 6.07) is -0.108. The Bertz CT molecular complexity index is 491. The summed E-state index contributed by atoms with van der Waals surface area (Å²) in [4.78, 5) is 26.3. The maximum atomic E-state index is 12.5. The van der Waals surface area contributed by atoms with Crippen LogP contribution in [0.3, 0.4) is 0 Å². The number of ether oxygens (including phenoxy) is 1. The fraction of sp³-hybridized carbons (Fsp3) is 0.882. The van der Waals surface area contributed by atoms with Crippen molar-refractivity contribution in [3.63, 3.8) is 0 Å². The maximum Gasteiger partial charge on any atom is 0.225 e. The second kappa shape index (κ2) is 7.48. The zero-order valence-corrected chi connectivity index (χ0v) is 17.6. The minimum absolute atomic E-state index is 0.00443. The van der Waals surface area contributed by atoms with Crippen molar-refractivity contribution in [3.05, 3.63) is 0 Å². The molecule has 7 heteroatoms. The Morgan fingerprint density at radius 1 is 1.33 bits per heavy atom. The summed E-state index contributed by atoms with van der Waals surface area (Å²) in [5, 5.41) is 0.157. The molecule has 2 rings (SSSR count). The molecular weight excluding hydrogens is 342 g/mol. The van der Waals surface area contributed by atoms with Crippen LogP contribution in [0.15, 0.2) is 0 Å². The van der Waals surface area contributed by atoms with E-state index in [0.717, 1.165) is 6.42 Å². The number of likely N-dealkylation sites (tertiary alicyclic amines) is 1. The summed E-state index contributed by atoms with van der Waals surface area (Å²) < 4.78 is 11.9. The van der Waals surface area contributed by atoms with E-state index in [1.54, 1.807) is 16.7 Å². The van der Waals surface area contributed by atoms with Crippen molar-refractivity contribution in [2.45, 2.75) is 69.1 Å². The summed E-state index contributed by atoms with van der Waals surface area (Å²) in [5.74, 6) is 0.239. The topological polar surface area (TPSA) is 55.8 Å². The minimum atomic E-state index is -1.81. The van der Waals surface area contributed by atoms with Gasteiger partial charge in [-0.3, -0.25) is 9.59 Å². The third-order valence-electron chi connectivity index (χ3n) is 5.61. The summed E-state index contributed by atoms with van der Waals surface area (Å²) in [7, 11) is -1.81. The molecule has 0 aromatic carbocycles. The highest BCUT2D eigenvalue weighted by molar-refractivity contribution is 7.99. The van der Waals surface area contributed by atoms with Crippen LogP contribution >= 0.6 is 11.8 Å². The zero-order chi connectivity index (χ0) is 18.1. The molecule has 24 heavy (non-hydrogen) atoms. The quantitative estimate of drug-likeness (QED) is 0.529. The number of ketones is 1. The molecule has 2 heterocycles. The van der Waals surface area contributed by atoms with Gasteiger partial charge in [0.1, 0.15) is 6.10 Å². The number of carbonyl (C=O) groups is 2. The highest BCUT2D eigenvalue weighted by Crippen LogP contribution is 2.37. The van der Waals surface area contributed by atoms with Crippen molar-refractivity contribution in [1.82, 2.24) is 4.90 Å². The summed E-state index contributed by atoms with van der Waals surface area (Å²) >= 11 is 1.58. The first kappa shape index (κ1) is 19.9. The third-order valence-corrected chi connectivity index (χ3v) is 11.2. The predicted octanol–water partition coefficient (Wildman–Crippen LogP) is 2.70. The first-order valence-electron chi connectivity index (χ1n) is 8.70. The van der Waals surface area contributed by atoms with Crippen LogP contribution in [0.2, 0.25) is 18.1 Å². The number of thioether (sulfide) groups is 1. The molecule has 0 spiro atoms. The van der Waals surface area contributed by atoms with Gasteiger partial charge in [0.05, 0.1) is 24.3 Å². The van der Waals surface area contributed by atoms with Gasteiger partial charge < -0.3 is 14.1 Å². The molecule has 2 aliphatic heterocycles. The number of hydrogen-bond donors (Lipinski definition) is 0. The zero-order valence-electron chi connectivity index (χ0n) is 15.8. The molecule has 138 valence electrons. The minimum Gasteiger partial charge on any atom is -0.415 e. The van der Waals surface area contributed by atoms with Crippen molar-refractivity contribution in [1.29, 1.82) is 0 Å². The van der Waals surface area contributed by atoms with Crippen molar-refractivity contribution in [2.24, 2.45) is 0 Å². The van der Waals surface area contributed by atoms with Crippen LogP contribution in [0, 0.1) is 0 Å². The standard InChI is InChI=1S/C17H31NO4SSi/c1-17(2,3)24(5,6)22-10-8-18-12(11-14(18)19)16-15(20)13(23-4)7-9-21-16/h12-13,16H,7-11H2,1-6H3/t12-,13-,16+/m0/s1. The van der Waals surface area contributed by atoms with Gasteiger partial charge in [-0.2, -0.15) is 11.8 Å². The van der Waals surface area contributed by atoms with Gasteiger partial charge in [-0.15, -0.1) is 0 Å². The molecule has 0 unspecified atom stereocenters. The van der Waals surface area contributed by atoms with E-state index in [4.69, 9.17) is 9.16 Å². The average molecular weight is 374 g/mol. The first-order chi connectivity index (χ1) is 11.1. The third kappa shape index (κ3) is 4.06. The van der Waals surface area contributed by atoms with Gasteiger partial charge >= 0.3 is 0 Å². The lowest BCUT2D eigenvalue weighted by molar-refractivity contribution is -0.163. The van der Waals surface area contributed by atoms with E-state index in [2.05, 4.69) is 33.9 Å². The van der Waals surface area contributed by atoms with Gasteiger partial charge in [0.25, 0.3) is 0 Å². The van der Waals surface area contributed by atoms with Gasteiger partial charge in [-0.25, -0.2) is 0 Å². The molecule has 2 fully saturated rings. The van der Waals surface area contributed by atoms with E-state index >= 15 is 0 Å². The van der Waals surface area contributed by atoms with Crippen LogP contribution in [-0.2, 0) is 18.8 Å². The summed E-state index contributed by atoms with van der Waals surface area (Å²) in [5.41, 5.74) is 0. The predicted molar refractivity (Wildman–Crippen MR) is 99.9 cm³/mol. The van der Waals surface area contributed by atoms with Crippen LogP contribution in [0.5, 0.6) is 0 Å². The SMILES string of the molecule is CS[C@H]1CCO[C@H]([C@@H]2CC(=O)N2CCO[Si](C)(C)C(C)(C)C)C1=O. The average Bonchev–Trinajstić information content (AvgIpc) is 2.48. The normalized spacial score (nSPS) is 28.9. The highest BCUT2D eigenvalue weighted by atomic mass is 32.2. The first-order valence-corrected chi connectivity index (χ1v) is 12.9. The fourth-order valence-corrected chi connectivity index (χ4v) is 4.63. The van der Waals surface area contributed by atoms with Gasteiger partial charge in [0.15, 0.2) is 14.1 Å². The second-order valence-electron chi connectivity index (χ2n) is 8.17. The molecule has 5 nitrogen and oxygen atoms in total. The molecule has 0 aromatic rings. The molecule has 2 saturated heterocycles. The van der Waals surface area contributed by atoms with Crippen LogP contribution in [0.4, 0.5) is 0 Å². The van der Waals surface area contributed by atoms with Gasteiger partial charge in [0, 0.05) is 13.2 Å². The number of carbonyl (C=O) groups excluding carboxylic acids is 2. The Morgan fingerprint density at radius 3 is 2.54 bits per heavy atom. The number of rotatable bonds is 6. The van der Waals surface area contributed by atoms with Gasteiger partial charge in [0.2, 0.25) is 5.91 Å². The molecule has 2 aliphatic rings. The van der Waals surface area contributed by atoms with E-state index < -0.39 is 14.4 Å². The van der Waals surface area contributed by atoms with E-state index in [1.165, 1.54) is 0 Å². The molecular formula is C17H31NO4SSi. The van der Waals surface area contributed by atoms with E-state index in [9.17, 15) is 9.59 Å². The van der Waals surface area contributed by atoms with Crippen molar-refractivity contribution in [3.8, 4) is 0 Å². The number of β-lactam (4-membered cyclic amide) rings is 1. The molecule has 3 atom stereocenters. The Morgan fingerprint density at radius 2 is 2.00 bits per heavy atom.